The van der Waals surface area contributed by atoms with Gasteiger partial charge in [0.15, 0.2) is 0 Å². The van der Waals surface area contributed by atoms with Gasteiger partial charge < -0.3 is 10.0 Å². The molecule has 1 N–H and O–H groups in total. The van der Waals surface area contributed by atoms with E-state index in [1.807, 2.05) is 4.90 Å². The molecular formula is C12H17N3O2. The lowest BCUT2D eigenvalue weighted by Gasteiger charge is -2.32. The van der Waals surface area contributed by atoms with Gasteiger partial charge in [-0.05, 0) is 25.2 Å². The summed E-state index contributed by atoms with van der Waals surface area (Å²) in [6.45, 7) is 1.69. The fourth-order valence-corrected chi connectivity index (χ4v) is 2.24. The van der Waals surface area contributed by atoms with Gasteiger partial charge in [-0.3, -0.25) is 9.78 Å². The summed E-state index contributed by atoms with van der Waals surface area (Å²) in [5.74, 6) is 0.357. The Morgan fingerprint density at radius 1 is 1.53 bits per heavy atom. The van der Waals surface area contributed by atoms with Crippen molar-refractivity contribution in [2.24, 2.45) is 5.92 Å². The second-order valence-corrected chi connectivity index (χ2v) is 4.36. The number of likely N-dealkylation sites (tertiary alicyclic amines) is 1. The van der Waals surface area contributed by atoms with E-state index in [4.69, 9.17) is 5.11 Å². The molecule has 1 fully saturated rings. The molecule has 17 heavy (non-hydrogen) atoms. The van der Waals surface area contributed by atoms with E-state index in [0.717, 1.165) is 32.4 Å². The van der Waals surface area contributed by atoms with Crippen LogP contribution in [0.5, 0.6) is 0 Å². The first-order chi connectivity index (χ1) is 8.31. The lowest BCUT2D eigenvalue weighted by molar-refractivity contribution is 0.0647. The van der Waals surface area contributed by atoms with E-state index < -0.39 is 0 Å². The number of nitrogens with zero attached hydrogens (tertiary/aromatic N) is 3. The van der Waals surface area contributed by atoms with Gasteiger partial charge in [0.2, 0.25) is 0 Å². The molecule has 2 rings (SSSR count). The van der Waals surface area contributed by atoms with Crippen LogP contribution in [-0.2, 0) is 0 Å². The van der Waals surface area contributed by atoms with Gasteiger partial charge in [-0.15, -0.1) is 0 Å². The van der Waals surface area contributed by atoms with Crippen LogP contribution in [0.1, 0.15) is 29.8 Å². The molecule has 2 heterocycles. The zero-order chi connectivity index (χ0) is 12.1. The van der Waals surface area contributed by atoms with Crippen molar-refractivity contribution in [3.8, 4) is 0 Å². The highest BCUT2D eigenvalue weighted by Crippen LogP contribution is 2.20. The number of hydrogen-bond acceptors (Lipinski definition) is 4. The average Bonchev–Trinajstić information content (AvgIpc) is 2.40. The van der Waals surface area contributed by atoms with Crippen LogP contribution in [-0.4, -0.2) is 45.6 Å². The molecule has 1 unspecified atom stereocenters. The van der Waals surface area contributed by atoms with E-state index in [-0.39, 0.29) is 12.5 Å². The Morgan fingerprint density at radius 3 is 3.12 bits per heavy atom. The van der Waals surface area contributed by atoms with Crippen molar-refractivity contribution < 1.29 is 9.90 Å². The smallest absolute Gasteiger partial charge is 0.274 e. The van der Waals surface area contributed by atoms with E-state index in [1.165, 1.54) is 12.4 Å². The average molecular weight is 235 g/mol. The zero-order valence-electron chi connectivity index (χ0n) is 9.75. The fraction of sp³-hybridized carbons (Fsp3) is 0.583. The van der Waals surface area contributed by atoms with Crippen LogP contribution in [0, 0.1) is 5.92 Å². The SMILES string of the molecule is O=C(c1cnccn1)N1CCCC(CCO)C1. The van der Waals surface area contributed by atoms with Gasteiger partial charge in [0, 0.05) is 32.1 Å². The van der Waals surface area contributed by atoms with Crippen LogP contribution in [0.25, 0.3) is 0 Å². The number of piperidine rings is 1. The van der Waals surface area contributed by atoms with Crippen molar-refractivity contribution in [1.82, 2.24) is 14.9 Å². The van der Waals surface area contributed by atoms with E-state index >= 15 is 0 Å². The quantitative estimate of drug-likeness (QED) is 0.838. The molecule has 5 heteroatoms. The second-order valence-electron chi connectivity index (χ2n) is 4.36. The Labute approximate surface area is 100 Å². The first kappa shape index (κ1) is 12.0. The molecule has 1 aromatic heterocycles. The summed E-state index contributed by atoms with van der Waals surface area (Å²) < 4.78 is 0. The molecule has 0 saturated carbocycles. The van der Waals surface area contributed by atoms with Crippen LogP contribution in [0.15, 0.2) is 18.6 Å². The Kier molecular flexibility index (Phi) is 4.03. The van der Waals surface area contributed by atoms with Crippen LogP contribution in [0.3, 0.4) is 0 Å². The van der Waals surface area contributed by atoms with Gasteiger partial charge in [-0.2, -0.15) is 0 Å². The number of hydrogen-bond donors (Lipinski definition) is 1. The van der Waals surface area contributed by atoms with Crippen molar-refractivity contribution in [2.45, 2.75) is 19.3 Å². The maximum absolute atomic E-state index is 12.1. The van der Waals surface area contributed by atoms with Crippen LogP contribution in [0.2, 0.25) is 0 Å². The third kappa shape index (κ3) is 3.00. The molecule has 1 atom stereocenters. The fourth-order valence-electron chi connectivity index (χ4n) is 2.24. The highest BCUT2D eigenvalue weighted by atomic mass is 16.3. The number of aromatic nitrogens is 2. The Balaban J connectivity index is 2.00. The largest absolute Gasteiger partial charge is 0.396 e. The highest BCUT2D eigenvalue weighted by molar-refractivity contribution is 5.92. The minimum Gasteiger partial charge on any atom is -0.396 e. The number of carbonyl (C=O) groups is 1. The van der Waals surface area contributed by atoms with E-state index in [0.29, 0.717) is 11.6 Å². The molecule has 1 saturated heterocycles. The molecule has 0 spiro atoms. The first-order valence-corrected chi connectivity index (χ1v) is 5.97. The Bertz CT molecular complexity index is 367. The summed E-state index contributed by atoms with van der Waals surface area (Å²) >= 11 is 0. The third-order valence-electron chi connectivity index (χ3n) is 3.13. The molecule has 0 bridgehead atoms. The van der Waals surface area contributed by atoms with Gasteiger partial charge in [-0.1, -0.05) is 0 Å². The Morgan fingerprint density at radius 2 is 2.41 bits per heavy atom. The molecule has 0 aliphatic carbocycles. The van der Waals surface area contributed by atoms with Crippen molar-refractivity contribution in [3.63, 3.8) is 0 Å². The summed E-state index contributed by atoms with van der Waals surface area (Å²) in [6.07, 6.45) is 7.44. The van der Waals surface area contributed by atoms with Gasteiger partial charge in [0.1, 0.15) is 5.69 Å². The zero-order valence-corrected chi connectivity index (χ0v) is 9.75. The monoisotopic (exact) mass is 235 g/mol. The predicted octanol–water partition coefficient (Wildman–Crippen LogP) is 0.711. The minimum absolute atomic E-state index is 0.0549. The van der Waals surface area contributed by atoms with Crippen LogP contribution >= 0.6 is 0 Å². The molecule has 1 aliphatic heterocycles. The number of aliphatic hydroxyl groups is 1. The van der Waals surface area contributed by atoms with Crippen molar-refractivity contribution in [3.05, 3.63) is 24.3 Å². The van der Waals surface area contributed by atoms with E-state index in [2.05, 4.69) is 9.97 Å². The summed E-state index contributed by atoms with van der Waals surface area (Å²) in [4.78, 5) is 21.9. The van der Waals surface area contributed by atoms with E-state index in [1.54, 1.807) is 6.20 Å². The van der Waals surface area contributed by atoms with Gasteiger partial charge in [-0.25, -0.2) is 4.98 Å². The lowest BCUT2D eigenvalue weighted by Crippen LogP contribution is -2.40. The summed E-state index contributed by atoms with van der Waals surface area (Å²) in [6, 6.07) is 0. The van der Waals surface area contributed by atoms with Crippen LogP contribution < -0.4 is 0 Å². The lowest BCUT2D eigenvalue weighted by atomic mass is 9.95. The molecule has 1 aromatic rings. The van der Waals surface area contributed by atoms with E-state index in [9.17, 15) is 4.79 Å². The Hall–Kier alpha value is -1.49. The summed E-state index contributed by atoms with van der Waals surface area (Å²) in [5.41, 5.74) is 0.400. The standard InChI is InChI=1S/C12H17N3O2/c16-7-3-10-2-1-6-15(9-10)12(17)11-8-13-4-5-14-11/h4-5,8,10,16H,1-3,6-7,9H2. The number of carbonyl (C=O) groups excluding carboxylic acids is 1. The predicted molar refractivity (Wildman–Crippen MR) is 62.4 cm³/mol. The molecule has 5 nitrogen and oxygen atoms in total. The first-order valence-electron chi connectivity index (χ1n) is 5.97. The molecule has 1 amide bonds. The normalized spacial score (nSPS) is 20.3. The molecular weight excluding hydrogens is 218 g/mol. The summed E-state index contributed by atoms with van der Waals surface area (Å²) in [5, 5.41) is 8.93. The van der Waals surface area contributed by atoms with Crippen molar-refractivity contribution >= 4 is 5.91 Å². The van der Waals surface area contributed by atoms with Crippen molar-refractivity contribution in [2.75, 3.05) is 19.7 Å². The number of amides is 1. The van der Waals surface area contributed by atoms with Gasteiger partial charge in [0.05, 0.1) is 6.20 Å². The highest BCUT2D eigenvalue weighted by Gasteiger charge is 2.24. The topological polar surface area (TPSA) is 66.3 Å². The second kappa shape index (κ2) is 5.72. The summed E-state index contributed by atoms with van der Waals surface area (Å²) in [7, 11) is 0. The molecule has 92 valence electrons. The third-order valence-corrected chi connectivity index (χ3v) is 3.13. The molecule has 0 aromatic carbocycles. The number of rotatable bonds is 3. The molecule has 0 radical (unpaired) electrons. The molecule has 1 aliphatic rings. The van der Waals surface area contributed by atoms with Gasteiger partial charge in [0.25, 0.3) is 5.91 Å². The maximum atomic E-state index is 12.1. The van der Waals surface area contributed by atoms with Crippen molar-refractivity contribution in [1.29, 1.82) is 0 Å². The maximum Gasteiger partial charge on any atom is 0.274 e. The van der Waals surface area contributed by atoms with Gasteiger partial charge >= 0.3 is 0 Å². The minimum atomic E-state index is -0.0549. The van der Waals surface area contributed by atoms with Crippen LogP contribution in [0.4, 0.5) is 0 Å². The number of aliphatic hydroxyl groups excluding tert-OH is 1.